The SMILES string of the molecule is CCOc1ccc(-c2c(N)noc2C2(C)CCCC2)cc1. The maximum absolute atomic E-state index is 6.06. The molecule has 0 spiro atoms. The molecule has 0 amide bonds. The van der Waals surface area contributed by atoms with Gasteiger partial charge in [-0.3, -0.25) is 0 Å². The van der Waals surface area contributed by atoms with E-state index < -0.39 is 0 Å². The number of hydrogen-bond donors (Lipinski definition) is 1. The second kappa shape index (κ2) is 5.43. The van der Waals surface area contributed by atoms with Crippen LogP contribution in [0.25, 0.3) is 11.1 Å². The zero-order valence-electron chi connectivity index (χ0n) is 12.7. The van der Waals surface area contributed by atoms with E-state index in [1.807, 2.05) is 31.2 Å². The molecule has 3 rings (SSSR count). The quantitative estimate of drug-likeness (QED) is 0.917. The van der Waals surface area contributed by atoms with Gasteiger partial charge >= 0.3 is 0 Å². The number of aromatic nitrogens is 1. The second-order valence-electron chi connectivity index (χ2n) is 6.00. The molecule has 0 bridgehead atoms. The molecule has 1 aliphatic rings. The van der Waals surface area contributed by atoms with Crippen LogP contribution in [0.3, 0.4) is 0 Å². The van der Waals surface area contributed by atoms with E-state index >= 15 is 0 Å². The van der Waals surface area contributed by atoms with Gasteiger partial charge < -0.3 is 15.0 Å². The van der Waals surface area contributed by atoms with Crippen molar-refractivity contribution in [3.63, 3.8) is 0 Å². The molecule has 4 heteroatoms. The zero-order valence-corrected chi connectivity index (χ0v) is 12.7. The van der Waals surface area contributed by atoms with E-state index in [2.05, 4.69) is 12.1 Å². The van der Waals surface area contributed by atoms with Crippen molar-refractivity contribution in [1.82, 2.24) is 5.16 Å². The lowest BCUT2D eigenvalue weighted by molar-refractivity contribution is 0.307. The molecule has 0 saturated heterocycles. The van der Waals surface area contributed by atoms with Crippen LogP contribution >= 0.6 is 0 Å². The monoisotopic (exact) mass is 286 g/mol. The van der Waals surface area contributed by atoms with E-state index in [1.165, 1.54) is 12.8 Å². The van der Waals surface area contributed by atoms with Crippen LogP contribution in [0.15, 0.2) is 28.8 Å². The predicted octanol–water partition coefficient (Wildman–Crippen LogP) is 4.15. The smallest absolute Gasteiger partial charge is 0.175 e. The first-order valence-corrected chi connectivity index (χ1v) is 7.63. The summed E-state index contributed by atoms with van der Waals surface area (Å²) >= 11 is 0. The van der Waals surface area contributed by atoms with Crippen LogP contribution in [0.1, 0.15) is 45.3 Å². The molecule has 0 radical (unpaired) electrons. The van der Waals surface area contributed by atoms with Gasteiger partial charge in [0.15, 0.2) is 11.6 Å². The number of nitrogens with zero attached hydrogens (tertiary/aromatic N) is 1. The van der Waals surface area contributed by atoms with E-state index in [4.69, 9.17) is 15.0 Å². The number of benzene rings is 1. The third-order valence-corrected chi connectivity index (χ3v) is 4.43. The lowest BCUT2D eigenvalue weighted by Gasteiger charge is -2.21. The van der Waals surface area contributed by atoms with Crippen molar-refractivity contribution in [1.29, 1.82) is 0 Å². The van der Waals surface area contributed by atoms with Crippen LogP contribution in [0, 0.1) is 0 Å². The average molecular weight is 286 g/mol. The first kappa shape index (κ1) is 14.0. The first-order chi connectivity index (χ1) is 10.1. The van der Waals surface area contributed by atoms with Crippen molar-refractivity contribution < 1.29 is 9.26 Å². The van der Waals surface area contributed by atoms with Crippen molar-refractivity contribution in [2.75, 3.05) is 12.3 Å². The summed E-state index contributed by atoms with van der Waals surface area (Å²) in [6.45, 7) is 4.89. The maximum Gasteiger partial charge on any atom is 0.175 e. The maximum atomic E-state index is 6.06. The average Bonchev–Trinajstić information content (AvgIpc) is 3.08. The first-order valence-electron chi connectivity index (χ1n) is 7.63. The highest BCUT2D eigenvalue weighted by atomic mass is 16.5. The van der Waals surface area contributed by atoms with Gasteiger partial charge in [0.05, 0.1) is 12.2 Å². The molecule has 112 valence electrons. The van der Waals surface area contributed by atoms with Gasteiger partial charge in [0.25, 0.3) is 0 Å². The lowest BCUT2D eigenvalue weighted by Crippen LogP contribution is -2.17. The van der Waals surface area contributed by atoms with E-state index in [0.717, 1.165) is 35.5 Å². The molecule has 2 aromatic rings. The normalized spacial score (nSPS) is 17.0. The summed E-state index contributed by atoms with van der Waals surface area (Å²) < 4.78 is 11.1. The Balaban J connectivity index is 2.00. The third kappa shape index (κ3) is 2.50. The van der Waals surface area contributed by atoms with Crippen molar-refractivity contribution in [2.24, 2.45) is 0 Å². The molecule has 1 heterocycles. The molecule has 1 aromatic carbocycles. The Labute approximate surface area is 125 Å². The standard InChI is InChI=1S/C17H22N2O2/c1-3-20-13-8-6-12(7-9-13)14-15(21-19-16(14)18)17(2)10-4-5-11-17/h6-9H,3-5,10-11H2,1-2H3,(H2,18,19). The Morgan fingerprint density at radius 1 is 1.24 bits per heavy atom. The van der Waals surface area contributed by atoms with Gasteiger partial charge in [-0.05, 0) is 37.5 Å². The summed E-state index contributed by atoms with van der Waals surface area (Å²) in [5.41, 5.74) is 8.10. The highest BCUT2D eigenvalue weighted by molar-refractivity contribution is 5.76. The summed E-state index contributed by atoms with van der Waals surface area (Å²) in [6, 6.07) is 7.98. The van der Waals surface area contributed by atoms with Crippen molar-refractivity contribution >= 4 is 5.82 Å². The molecule has 0 atom stereocenters. The van der Waals surface area contributed by atoms with E-state index in [-0.39, 0.29) is 5.41 Å². The Morgan fingerprint density at radius 3 is 2.52 bits per heavy atom. The number of ether oxygens (including phenoxy) is 1. The predicted molar refractivity (Wildman–Crippen MR) is 83.3 cm³/mol. The van der Waals surface area contributed by atoms with Gasteiger partial charge in [0, 0.05) is 5.41 Å². The van der Waals surface area contributed by atoms with Gasteiger partial charge in [-0.25, -0.2) is 0 Å². The topological polar surface area (TPSA) is 61.3 Å². The highest BCUT2D eigenvalue weighted by Crippen LogP contribution is 2.46. The van der Waals surface area contributed by atoms with Crippen molar-refractivity contribution in [2.45, 2.75) is 44.9 Å². The fourth-order valence-electron chi connectivity index (χ4n) is 3.26. The molecule has 0 aliphatic heterocycles. The number of anilines is 1. The lowest BCUT2D eigenvalue weighted by atomic mass is 9.82. The molecule has 2 N–H and O–H groups in total. The Hall–Kier alpha value is -1.97. The number of rotatable bonds is 4. The van der Waals surface area contributed by atoms with Crippen molar-refractivity contribution in [3.05, 3.63) is 30.0 Å². The third-order valence-electron chi connectivity index (χ3n) is 4.43. The molecule has 4 nitrogen and oxygen atoms in total. The van der Waals surface area contributed by atoms with Crippen LogP contribution in [0.4, 0.5) is 5.82 Å². The molecular weight excluding hydrogens is 264 g/mol. The Morgan fingerprint density at radius 2 is 1.90 bits per heavy atom. The molecule has 21 heavy (non-hydrogen) atoms. The number of hydrogen-bond acceptors (Lipinski definition) is 4. The Bertz CT molecular complexity index is 610. The minimum Gasteiger partial charge on any atom is -0.494 e. The van der Waals surface area contributed by atoms with Gasteiger partial charge in [-0.15, -0.1) is 0 Å². The summed E-state index contributed by atoms with van der Waals surface area (Å²) in [5, 5.41) is 4.01. The molecule has 1 saturated carbocycles. The molecule has 1 aliphatic carbocycles. The van der Waals surface area contributed by atoms with Gasteiger partial charge in [-0.2, -0.15) is 0 Å². The minimum absolute atomic E-state index is 0.0541. The van der Waals surface area contributed by atoms with Crippen LogP contribution in [-0.4, -0.2) is 11.8 Å². The second-order valence-corrected chi connectivity index (χ2v) is 6.00. The fourth-order valence-corrected chi connectivity index (χ4v) is 3.26. The van der Waals surface area contributed by atoms with Gasteiger partial charge in [0.1, 0.15) is 5.75 Å². The largest absolute Gasteiger partial charge is 0.494 e. The van der Waals surface area contributed by atoms with Gasteiger partial charge in [-0.1, -0.05) is 37.1 Å². The van der Waals surface area contributed by atoms with Crippen molar-refractivity contribution in [3.8, 4) is 16.9 Å². The van der Waals surface area contributed by atoms with Crippen LogP contribution in [0.5, 0.6) is 5.75 Å². The number of nitrogen functional groups attached to an aromatic ring is 1. The molecule has 1 fully saturated rings. The summed E-state index contributed by atoms with van der Waals surface area (Å²) in [5.74, 6) is 2.27. The van der Waals surface area contributed by atoms with Crippen LogP contribution in [0.2, 0.25) is 0 Å². The van der Waals surface area contributed by atoms with Crippen LogP contribution < -0.4 is 10.5 Å². The highest BCUT2D eigenvalue weighted by Gasteiger charge is 2.37. The summed E-state index contributed by atoms with van der Waals surface area (Å²) in [4.78, 5) is 0. The van der Waals surface area contributed by atoms with E-state index in [0.29, 0.717) is 12.4 Å². The number of nitrogens with two attached hydrogens (primary N) is 1. The molecule has 1 aromatic heterocycles. The minimum atomic E-state index is 0.0541. The fraction of sp³-hybridized carbons (Fsp3) is 0.471. The zero-order chi connectivity index (χ0) is 14.9. The Kier molecular flexibility index (Phi) is 3.62. The van der Waals surface area contributed by atoms with Crippen LogP contribution in [-0.2, 0) is 5.41 Å². The van der Waals surface area contributed by atoms with E-state index in [1.54, 1.807) is 0 Å². The molecule has 0 unspecified atom stereocenters. The van der Waals surface area contributed by atoms with Gasteiger partial charge in [0.2, 0.25) is 0 Å². The summed E-state index contributed by atoms with van der Waals surface area (Å²) in [7, 11) is 0. The molecular formula is C17H22N2O2. The van der Waals surface area contributed by atoms with E-state index in [9.17, 15) is 0 Å². The summed E-state index contributed by atoms with van der Waals surface area (Å²) in [6.07, 6.45) is 4.73.